The zero-order valence-electron chi connectivity index (χ0n) is 14.4. The molecular formula is C16H17N5O5S. The van der Waals surface area contributed by atoms with Crippen LogP contribution in [0.1, 0.15) is 11.4 Å². The third-order valence-corrected chi connectivity index (χ3v) is 4.71. The molecule has 0 atom stereocenters. The van der Waals surface area contributed by atoms with E-state index >= 15 is 0 Å². The van der Waals surface area contributed by atoms with E-state index in [0.717, 1.165) is 11.8 Å². The minimum Gasteiger partial charge on any atom is -0.477 e. The zero-order valence-corrected chi connectivity index (χ0v) is 15.2. The standard InChI is InChI=1S/C16H17N5O5S/c1-10-17-16(19-18-10)27-14(15(22)23)9-11-2-3-12(13(8-11)21(24)25)20-4-6-26-7-5-20/h2-3,8-9H,4-7H2,1H3,(H,22,23)(H,17,18,19)/b14-9+. The molecule has 2 aromatic rings. The molecule has 1 aliphatic rings. The number of hydrogen-bond donors (Lipinski definition) is 2. The van der Waals surface area contributed by atoms with E-state index in [1.165, 1.54) is 12.1 Å². The Bertz CT molecular complexity index is 891. The Kier molecular flexibility index (Phi) is 5.72. The van der Waals surface area contributed by atoms with Crippen molar-refractivity contribution in [3.63, 3.8) is 0 Å². The summed E-state index contributed by atoms with van der Waals surface area (Å²) in [5.41, 5.74) is 0.833. The fourth-order valence-electron chi connectivity index (χ4n) is 2.60. The van der Waals surface area contributed by atoms with Crippen LogP contribution in [-0.2, 0) is 9.53 Å². The third kappa shape index (κ3) is 4.63. The molecule has 0 spiro atoms. The van der Waals surface area contributed by atoms with Crippen molar-refractivity contribution in [2.45, 2.75) is 12.1 Å². The molecule has 0 amide bonds. The van der Waals surface area contributed by atoms with Crippen molar-refractivity contribution >= 4 is 35.2 Å². The van der Waals surface area contributed by atoms with E-state index in [0.29, 0.717) is 43.4 Å². The number of anilines is 1. The number of aliphatic carboxylic acids is 1. The average Bonchev–Trinajstić information content (AvgIpc) is 3.06. The van der Waals surface area contributed by atoms with Crippen LogP contribution in [-0.4, -0.2) is 57.5 Å². The summed E-state index contributed by atoms with van der Waals surface area (Å²) in [6, 6.07) is 4.67. The maximum absolute atomic E-state index is 11.5. The monoisotopic (exact) mass is 391 g/mol. The van der Waals surface area contributed by atoms with Gasteiger partial charge in [-0.05, 0) is 36.4 Å². The lowest BCUT2D eigenvalue weighted by molar-refractivity contribution is -0.384. The first-order valence-electron chi connectivity index (χ1n) is 8.07. The minimum atomic E-state index is -1.16. The van der Waals surface area contributed by atoms with Crippen LogP contribution in [0, 0.1) is 17.0 Å². The molecule has 1 fully saturated rings. The van der Waals surface area contributed by atoms with E-state index in [1.54, 1.807) is 19.1 Å². The van der Waals surface area contributed by atoms with Crippen LogP contribution in [0.2, 0.25) is 0 Å². The number of nitro benzene ring substituents is 1. The smallest absolute Gasteiger partial charge is 0.342 e. The van der Waals surface area contributed by atoms with Crippen LogP contribution < -0.4 is 4.90 Å². The number of nitro groups is 1. The summed E-state index contributed by atoms with van der Waals surface area (Å²) in [6.07, 6.45) is 1.37. The van der Waals surface area contributed by atoms with Crippen molar-refractivity contribution in [2.75, 3.05) is 31.2 Å². The molecule has 10 nitrogen and oxygen atoms in total. The highest BCUT2D eigenvalue weighted by molar-refractivity contribution is 8.04. The Morgan fingerprint density at radius 1 is 1.44 bits per heavy atom. The van der Waals surface area contributed by atoms with Gasteiger partial charge in [-0.3, -0.25) is 15.2 Å². The van der Waals surface area contributed by atoms with Gasteiger partial charge < -0.3 is 14.7 Å². The summed E-state index contributed by atoms with van der Waals surface area (Å²) in [6.45, 7) is 3.85. The second kappa shape index (κ2) is 8.18. The number of rotatable bonds is 6. The summed E-state index contributed by atoms with van der Waals surface area (Å²) < 4.78 is 5.28. The summed E-state index contributed by atoms with van der Waals surface area (Å²) in [7, 11) is 0. The van der Waals surface area contributed by atoms with E-state index in [1.807, 2.05) is 4.90 Å². The number of H-pyrrole nitrogens is 1. The Labute approximate surface area is 158 Å². The second-order valence-corrected chi connectivity index (χ2v) is 6.73. The highest BCUT2D eigenvalue weighted by Gasteiger charge is 2.22. The van der Waals surface area contributed by atoms with Gasteiger partial charge in [0.2, 0.25) is 5.16 Å². The van der Waals surface area contributed by atoms with Gasteiger partial charge in [0.05, 0.1) is 18.1 Å². The van der Waals surface area contributed by atoms with Gasteiger partial charge in [0, 0.05) is 19.2 Å². The number of ether oxygens (including phenoxy) is 1. The molecule has 0 unspecified atom stereocenters. The largest absolute Gasteiger partial charge is 0.477 e. The number of morpholine rings is 1. The van der Waals surface area contributed by atoms with Gasteiger partial charge in [0.15, 0.2) is 0 Å². The highest BCUT2D eigenvalue weighted by Crippen LogP contribution is 2.32. The lowest BCUT2D eigenvalue weighted by atomic mass is 10.1. The third-order valence-electron chi connectivity index (χ3n) is 3.83. The van der Waals surface area contributed by atoms with Crippen molar-refractivity contribution in [1.29, 1.82) is 0 Å². The second-order valence-electron chi connectivity index (χ2n) is 5.72. The molecule has 1 saturated heterocycles. The predicted octanol–water partition coefficient (Wildman–Crippen LogP) is 2.08. The minimum absolute atomic E-state index is 0.0394. The number of benzene rings is 1. The Morgan fingerprint density at radius 2 is 2.19 bits per heavy atom. The fourth-order valence-corrected chi connectivity index (χ4v) is 3.35. The van der Waals surface area contributed by atoms with E-state index in [9.17, 15) is 20.0 Å². The first kappa shape index (κ1) is 18.9. The molecular weight excluding hydrogens is 374 g/mol. The van der Waals surface area contributed by atoms with Crippen LogP contribution in [0.3, 0.4) is 0 Å². The zero-order chi connectivity index (χ0) is 19.4. The van der Waals surface area contributed by atoms with Crippen LogP contribution in [0.4, 0.5) is 11.4 Å². The van der Waals surface area contributed by atoms with Gasteiger partial charge in [-0.2, -0.15) is 0 Å². The number of aromatic amines is 1. The lowest BCUT2D eigenvalue weighted by Crippen LogP contribution is -2.36. The number of aryl methyl sites for hydroxylation is 1. The highest BCUT2D eigenvalue weighted by atomic mass is 32.2. The molecule has 0 radical (unpaired) electrons. The Hall–Kier alpha value is -2.92. The van der Waals surface area contributed by atoms with Crippen molar-refractivity contribution in [3.8, 4) is 0 Å². The number of hydrogen-bond acceptors (Lipinski definition) is 8. The van der Waals surface area contributed by atoms with Crippen LogP contribution in [0.5, 0.6) is 0 Å². The maximum Gasteiger partial charge on any atom is 0.342 e. The fraction of sp³-hybridized carbons (Fsp3) is 0.312. The maximum atomic E-state index is 11.5. The summed E-state index contributed by atoms with van der Waals surface area (Å²) in [5.74, 6) is -0.602. The molecule has 2 N–H and O–H groups in total. The quantitative estimate of drug-likeness (QED) is 0.328. The number of carboxylic acids is 1. The normalized spacial score (nSPS) is 15.0. The van der Waals surface area contributed by atoms with Gasteiger partial charge in [-0.15, -0.1) is 5.10 Å². The molecule has 0 bridgehead atoms. The first-order valence-corrected chi connectivity index (χ1v) is 8.88. The molecule has 1 aromatic carbocycles. The molecule has 0 aliphatic carbocycles. The Balaban J connectivity index is 1.92. The van der Waals surface area contributed by atoms with Crippen LogP contribution in [0.25, 0.3) is 6.08 Å². The molecule has 1 aliphatic heterocycles. The van der Waals surface area contributed by atoms with Gasteiger partial charge in [0.1, 0.15) is 16.4 Å². The SMILES string of the molecule is Cc1nc(S/C(=C/c2ccc(N3CCOCC3)c([N+](=O)[O-])c2)C(=O)O)n[nH]1. The summed E-state index contributed by atoms with van der Waals surface area (Å²) >= 11 is 0.870. The summed E-state index contributed by atoms with van der Waals surface area (Å²) in [4.78, 5) is 28.5. The molecule has 11 heteroatoms. The molecule has 1 aromatic heterocycles. The van der Waals surface area contributed by atoms with Gasteiger partial charge in [0.25, 0.3) is 5.69 Å². The molecule has 0 saturated carbocycles. The molecule has 2 heterocycles. The van der Waals surface area contributed by atoms with Crippen LogP contribution in [0.15, 0.2) is 28.3 Å². The van der Waals surface area contributed by atoms with Crippen LogP contribution >= 0.6 is 11.8 Å². The number of carboxylic acid groups (broad SMARTS) is 1. The number of nitrogens with zero attached hydrogens (tertiary/aromatic N) is 4. The van der Waals surface area contributed by atoms with Gasteiger partial charge in [-0.1, -0.05) is 6.07 Å². The molecule has 27 heavy (non-hydrogen) atoms. The van der Waals surface area contributed by atoms with Crippen molar-refractivity contribution in [1.82, 2.24) is 15.2 Å². The predicted molar refractivity (Wildman–Crippen MR) is 98.7 cm³/mol. The van der Waals surface area contributed by atoms with E-state index in [-0.39, 0.29) is 15.7 Å². The lowest BCUT2D eigenvalue weighted by Gasteiger charge is -2.28. The van der Waals surface area contributed by atoms with E-state index < -0.39 is 10.9 Å². The summed E-state index contributed by atoms with van der Waals surface area (Å²) in [5, 5.41) is 27.7. The Morgan fingerprint density at radius 3 is 2.78 bits per heavy atom. The number of carbonyl (C=O) groups is 1. The van der Waals surface area contributed by atoms with Crippen molar-refractivity contribution in [2.24, 2.45) is 0 Å². The number of thioether (sulfide) groups is 1. The van der Waals surface area contributed by atoms with Crippen molar-refractivity contribution < 1.29 is 19.6 Å². The molecule has 142 valence electrons. The van der Waals surface area contributed by atoms with Gasteiger partial charge in [-0.25, -0.2) is 9.78 Å². The average molecular weight is 391 g/mol. The topological polar surface area (TPSA) is 134 Å². The van der Waals surface area contributed by atoms with Gasteiger partial charge >= 0.3 is 5.97 Å². The number of nitrogens with one attached hydrogen (secondary N) is 1. The molecule has 3 rings (SSSR count). The first-order chi connectivity index (χ1) is 12.9. The van der Waals surface area contributed by atoms with Crippen molar-refractivity contribution in [3.05, 3.63) is 44.6 Å². The van der Waals surface area contributed by atoms with E-state index in [2.05, 4.69) is 15.2 Å². The van der Waals surface area contributed by atoms with E-state index in [4.69, 9.17) is 4.74 Å². The number of aromatic nitrogens is 3.